The van der Waals surface area contributed by atoms with Gasteiger partial charge in [0.1, 0.15) is 6.10 Å². The van der Waals surface area contributed by atoms with E-state index in [-0.39, 0.29) is 17.9 Å². The fraction of sp³-hybridized carbons (Fsp3) is 0.857. The van der Waals surface area contributed by atoms with Crippen LogP contribution in [0.3, 0.4) is 0 Å². The lowest BCUT2D eigenvalue weighted by Gasteiger charge is -2.27. The van der Waals surface area contributed by atoms with Gasteiger partial charge in [-0.2, -0.15) is 0 Å². The molecule has 116 valence electrons. The van der Waals surface area contributed by atoms with Crippen molar-refractivity contribution in [1.29, 1.82) is 0 Å². The highest BCUT2D eigenvalue weighted by Crippen LogP contribution is 2.24. The summed E-state index contributed by atoms with van der Waals surface area (Å²) in [6.45, 7) is 5.14. The van der Waals surface area contributed by atoms with E-state index in [9.17, 15) is 9.59 Å². The molecule has 20 heavy (non-hydrogen) atoms. The molecule has 0 radical (unpaired) electrons. The van der Waals surface area contributed by atoms with Crippen molar-refractivity contribution in [2.45, 2.75) is 51.7 Å². The second kappa shape index (κ2) is 8.92. The van der Waals surface area contributed by atoms with Crippen LogP contribution in [0.4, 0.5) is 0 Å². The Hall–Kier alpha value is -1.14. The molecule has 1 aliphatic rings. The van der Waals surface area contributed by atoms with Gasteiger partial charge < -0.3 is 19.9 Å². The summed E-state index contributed by atoms with van der Waals surface area (Å²) in [7, 11) is 0. The first-order valence-electron chi connectivity index (χ1n) is 7.27. The number of rotatable bonds is 8. The zero-order valence-corrected chi connectivity index (χ0v) is 12.3. The molecule has 0 saturated heterocycles. The lowest BCUT2D eigenvalue weighted by Crippen LogP contribution is -2.43. The Kier molecular flexibility index (Phi) is 7.54. The summed E-state index contributed by atoms with van der Waals surface area (Å²) in [6.07, 6.45) is 2.18. The number of ether oxygens (including phenoxy) is 2. The number of hydrogen-bond acceptors (Lipinski definition) is 4. The number of carbonyl (C=O) groups is 2. The summed E-state index contributed by atoms with van der Waals surface area (Å²) in [4.78, 5) is 22.7. The SMILES string of the molecule is CCOCCOC(C)C(=O)NC1CCC(C(=O)O)CC1. The number of amides is 1. The van der Waals surface area contributed by atoms with Crippen molar-refractivity contribution in [2.75, 3.05) is 19.8 Å². The molecule has 1 atom stereocenters. The normalized spacial score (nSPS) is 24.1. The minimum atomic E-state index is -0.734. The van der Waals surface area contributed by atoms with Gasteiger partial charge in [0.05, 0.1) is 19.1 Å². The van der Waals surface area contributed by atoms with Gasteiger partial charge in [-0.25, -0.2) is 0 Å². The van der Waals surface area contributed by atoms with E-state index in [1.807, 2.05) is 6.92 Å². The molecule has 1 aliphatic carbocycles. The minimum absolute atomic E-state index is 0.0658. The van der Waals surface area contributed by atoms with Crippen LogP contribution in [0.2, 0.25) is 0 Å². The maximum absolute atomic E-state index is 11.9. The summed E-state index contributed by atoms with van der Waals surface area (Å²) in [5, 5.41) is 11.8. The van der Waals surface area contributed by atoms with Crippen molar-refractivity contribution in [3.8, 4) is 0 Å². The zero-order chi connectivity index (χ0) is 15.0. The van der Waals surface area contributed by atoms with Crippen LogP contribution in [0.5, 0.6) is 0 Å². The Morgan fingerprint density at radius 1 is 1.25 bits per heavy atom. The quantitative estimate of drug-likeness (QED) is 0.655. The fourth-order valence-corrected chi connectivity index (χ4v) is 2.31. The van der Waals surface area contributed by atoms with E-state index in [1.165, 1.54) is 0 Å². The molecule has 1 saturated carbocycles. The van der Waals surface area contributed by atoms with E-state index < -0.39 is 12.1 Å². The number of nitrogens with one attached hydrogen (secondary N) is 1. The third kappa shape index (κ3) is 5.88. The molecule has 1 unspecified atom stereocenters. The summed E-state index contributed by atoms with van der Waals surface area (Å²) in [5.74, 6) is -1.13. The van der Waals surface area contributed by atoms with Crippen LogP contribution in [0.15, 0.2) is 0 Å². The lowest BCUT2D eigenvalue weighted by atomic mass is 9.86. The van der Waals surface area contributed by atoms with Gasteiger partial charge >= 0.3 is 5.97 Å². The van der Waals surface area contributed by atoms with Crippen LogP contribution < -0.4 is 5.32 Å². The second-order valence-corrected chi connectivity index (χ2v) is 5.11. The molecule has 6 nitrogen and oxygen atoms in total. The number of carboxylic acid groups (broad SMARTS) is 1. The molecule has 2 N–H and O–H groups in total. The van der Waals surface area contributed by atoms with Gasteiger partial charge in [0.2, 0.25) is 5.91 Å². The van der Waals surface area contributed by atoms with E-state index in [2.05, 4.69) is 5.32 Å². The number of carbonyl (C=O) groups excluding carboxylic acids is 1. The van der Waals surface area contributed by atoms with E-state index in [0.29, 0.717) is 45.5 Å². The lowest BCUT2D eigenvalue weighted by molar-refractivity contribution is -0.143. The monoisotopic (exact) mass is 287 g/mol. The van der Waals surface area contributed by atoms with E-state index in [4.69, 9.17) is 14.6 Å². The van der Waals surface area contributed by atoms with E-state index in [0.717, 1.165) is 0 Å². The van der Waals surface area contributed by atoms with Crippen molar-refractivity contribution in [2.24, 2.45) is 5.92 Å². The summed E-state index contributed by atoms with van der Waals surface area (Å²) in [6, 6.07) is 0.0658. The number of aliphatic carboxylic acids is 1. The van der Waals surface area contributed by atoms with Crippen LogP contribution in [0.1, 0.15) is 39.5 Å². The van der Waals surface area contributed by atoms with Crippen molar-refractivity contribution < 1.29 is 24.2 Å². The van der Waals surface area contributed by atoms with Gasteiger partial charge in [0.15, 0.2) is 0 Å². The molecule has 6 heteroatoms. The molecule has 0 spiro atoms. The first-order chi connectivity index (χ1) is 9.54. The molecule has 1 amide bonds. The van der Waals surface area contributed by atoms with Crippen LogP contribution in [0.25, 0.3) is 0 Å². The minimum Gasteiger partial charge on any atom is -0.481 e. The smallest absolute Gasteiger partial charge is 0.306 e. The van der Waals surface area contributed by atoms with Crippen molar-refractivity contribution in [3.63, 3.8) is 0 Å². The van der Waals surface area contributed by atoms with Gasteiger partial charge in [-0.3, -0.25) is 9.59 Å². The summed E-state index contributed by atoms with van der Waals surface area (Å²) in [5.41, 5.74) is 0. The Labute approximate surface area is 119 Å². The first kappa shape index (κ1) is 16.9. The molecular formula is C14H25NO5. The van der Waals surface area contributed by atoms with Gasteiger partial charge in [-0.05, 0) is 39.5 Å². The van der Waals surface area contributed by atoms with Gasteiger partial charge in [0, 0.05) is 12.6 Å². The Balaban J connectivity index is 2.20. The molecule has 1 fully saturated rings. The van der Waals surface area contributed by atoms with Crippen molar-refractivity contribution in [1.82, 2.24) is 5.32 Å². The van der Waals surface area contributed by atoms with Gasteiger partial charge in [-0.1, -0.05) is 0 Å². The van der Waals surface area contributed by atoms with Crippen LogP contribution in [-0.2, 0) is 19.1 Å². The maximum Gasteiger partial charge on any atom is 0.306 e. The molecule has 0 aromatic heterocycles. The molecule has 0 aromatic carbocycles. The van der Waals surface area contributed by atoms with Crippen molar-refractivity contribution >= 4 is 11.9 Å². The average molecular weight is 287 g/mol. The van der Waals surface area contributed by atoms with Crippen molar-refractivity contribution in [3.05, 3.63) is 0 Å². The molecule has 1 rings (SSSR count). The Bertz CT molecular complexity index is 313. The number of hydrogen-bond donors (Lipinski definition) is 2. The zero-order valence-electron chi connectivity index (χ0n) is 12.3. The topological polar surface area (TPSA) is 84.9 Å². The maximum atomic E-state index is 11.9. The highest BCUT2D eigenvalue weighted by Gasteiger charge is 2.27. The standard InChI is InChI=1S/C14H25NO5/c1-3-19-8-9-20-10(2)13(16)15-12-6-4-11(5-7-12)14(17)18/h10-12H,3-9H2,1-2H3,(H,15,16)(H,17,18). The van der Waals surface area contributed by atoms with E-state index in [1.54, 1.807) is 6.92 Å². The predicted molar refractivity (Wildman–Crippen MR) is 73.4 cm³/mol. The third-order valence-electron chi connectivity index (χ3n) is 3.59. The third-order valence-corrected chi connectivity index (χ3v) is 3.59. The Morgan fingerprint density at radius 3 is 2.45 bits per heavy atom. The van der Waals surface area contributed by atoms with E-state index >= 15 is 0 Å². The van der Waals surface area contributed by atoms with Gasteiger partial charge in [-0.15, -0.1) is 0 Å². The summed E-state index contributed by atoms with van der Waals surface area (Å²) >= 11 is 0. The molecule has 0 heterocycles. The summed E-state index contributed by atoms with van der Waals surface area (Å²) < 4.78 is 10.5. The van der Waals surface area contributed by atoms with Crippen LogP contribution >= 0.6 is 0 Å². The molecule has 0 aliphatic heterocycles. The number of carboxylic acids is 1. The highest BCUT2D eigenvalue weighted by atomic mass is 16.5. The molecule has 0 bridgehead atoms. The molecular weight excluding hydrogens is 262 g/mol. The van der Waals surface area contributed by atoms with Gasteiger partial charge in [0.25, 0.3) is 0 Å². The first-order valence-corrected chi connectivity index (χ1v) is 7.27. The second-order valence-electron chi connectivity index (χ2n) is 5.11. The van der Waals surface area contributed by atoms with Crippen LogP contribution in [-0.4, -0.2) is 48.9 Å². The Morgan fingerprint density at radius 2 is 1.90 bits per heavy atom. The largest absolute Gasteiger partial charge is 0.481 e. The average Bonchev–Trinajstić information content (AvgIpc) is 2.44. The predicted octanol–water partition coefficient (Wildman–Crippen LogP) is 1.19. The van der Waals surface area contributed by atoms with Crippen LogP contribution in [0, 0.1) is 5.92 Å². The fourth-order valence-electron chi connectivity index (χ4n) is 2.31. The highest BCUT2D eigenvalue weighted by molar-refractivity contribution is 5.80. The molecule has 0 aromatic rings.